The van der Waals surface area contributed by atoms with E-state index in [1.807, 2.05) is 48.7 Å². The van der Waals surface area contributed by atoms with Crippen LogP contribution in [-0.4, -0.2) is 40.6 Å². The maximum absolute atomic E-state index is 11.7. The smallest absolute Gasteiger partial charge is 0.161 e. The SMILES string of the molecule is COc1cc([C@H]2Oc3cc(OC)c4c(c3C[C@H]2O)C[C@@H](Cc2ccc3[nH]ccc3c2)c2cc(O)ccc2-4)cc(CCc2ccccc2)c1O. The lowest BCUT2D eigenvalue weighted by Gasteiger charge is -2.37. The third-order valence-corrected chi connectivity index (χ3v) is 10.3. The predicted octanol–water partition coefficient (Wildman–Crippen LogP) is 7.97. The standard InChI is InChI=1S/C42H39NO6/c1-47-38-23-37-33(22-36(45)42(49-37)29-18-27(41(46)39(20-29)48-2)10-8-24-6-4-3-5-7-24)34-19-28(32-21-30(44)11-12-31(32)40(34)38)17-25-9-13-35-26(16-25)14-15-43-35/h3-7,9,11-16,18,20-21,23,28,36,42-46H,8,10,17,19,22H2,1-2H3/t28-,36-,42-/m1/s1. The zero-order chi connectivity index (χ0) is 33.6. The molecule has 0 saturated carbocycles. The first-order valence-corrected chi connectivity index (χ1v) is 16.8. The quantitative estimate of drug-likeness (QED) is 0.133. The highest BCUT2D eigenvalue weighted by molar-refractivity contribution is 5.83. The molecule has 0 amide bonds. The molecule has 1 aromatic heterocycles. The Morgan fingerprint density at radius 1 is 0.796 bits per heavy atom. The molecule has 1 aliphatic heterocycles. The molecule has 7 heteroatoms. The molecule has 0 unspecified atom stereocenters. The van der Waals surface area contributed by atoms with Crippen LogP contribution in [0.1, 0.15) is 51.0 Å². The van der Waals surface area contributed by atoms with Crippen LogP contribution in [0.3, 0.4) is 0 Å². The summed E-state index contributed by atoms with van der Waals surface area (Å²) in [5.41, 5.74) is 10.1. The summed E-state index contributed by atoms with van der Waals surface area (Å²) in [7, 11) is 3.20. The first-order valence-electron chi connectivity index (χ1n) is 16.8. The number of aromatic hydroxyl groups is 2. The molecular weight excluding hydrogens is 614 g/mol. The lowest BCUT2D eigenvalue weighted by Crippen LogP contribution is -2.32. The molecule has 0 bridgehead atoms. The summed E-state index contributed by atoms with van der Waals surface area (Å²) in [6.07, 6.45) is 3.69. The van der Waals surface area contributed by atoms with E-state index in [0.717, 1.165) is 57.3 Å². The van der Waals surface area contributed by atoms with Gasteiger partial charge in [0.15, 0.2) is 11.5 Å². The van der Waals surface area contributed by atoms with Gasteiger partial charge in [0.25, 0.3) is 0 Å². The normalized spacial score (nSPS) is 17.9. The van der Waals surface area contributed by atoms with Crippen molar-refractivity contribution in [2.45, 2.75) is 50.2 Å². The maximum Gasteiger partial charge on any atom is 0.161 e. The average Bonchev–Trinajstić information content (AvgIpc) is 3.59. The van der Waals surface area contributed by atoms with E-state index < -0.39 is 12.2 Å². The van der Waals surface area contributed by atoms with Crippen molar-refractivity contribution in [3.05, 3.63) is 136 Å². The molecule has 6 aromatic rings. The molecule has 0 fully saturated rings. The minimum Gasteiger partial charge on any atom is -0.508 e. The molecule has 0 spiro atoms. The van der Waals surface area contributed by atoms with Crippen LogP contribution in [-0.2, 0) is 32.1 Å². The molecule has 2 aliphatic rings. The van der Waals surface area contributed by atoms with Gasteiger partial charge >= 0.3 is 0 Å². The topological polar surface area (TPSA) is 104 Å². The number of hydrogen-bond donors (Lipinski definition) is 4. The molecular formula is C42H39NO6. The van der Waals surface area contributed by atoms with Gasteiger partial charge in [-0.2, -0.15) is 0 Å². The maximum atomic E-state index is 11.7. The zero-order valence-corrected chi connectivity index (χ0v) is 27.6. The van der Waals surface area contributed by atoms with Crippen molar-refractivity contribution in [1.82, 2.24) is 4.98 Å². The number of rotatable bonds is 8. The molecule has 5 aromatic carbocycles. The van der Waals surface area contributed by atoms with Gasteiger partial charge in [-0.3, -0.25) is 0 Å². The number of aliphatic hydroxyl groups excluding tert-OH is 1. The number of hydrogen-bond acceptors (Lipinski definition) is 6. The van der Waals surface area contributed by atoms with E-state index in [9.17, 15) is 15.3 Å². The summed E-state index contributed by atoms with van der Waals surface area (Å²) < 4.78 is 18.3. The highest BCUT2D eigenvalue weighted by Crippen LogP contribution is 2.52. The Morgan fingerprint density at radius 3 is 2.45 bits per heavy atom. The van der Waals surface area contributed by atoms with E-state index in [1.54, 1.807) is 19.2 Å². The van der Waals surface area contributed by atoms with E-state index in [-0.39, 0.29) is 17.4 Å². The molecule has 7 nitrogen and oxygen atoms in total. The van der Waals surface area contributed by atoms with Gasteiger partial charge in [-0.25, -0.2) is 0 Å². The number of methoxy groups -OCH3 is 2. The van der Waals surface area contributed by atoms with Gasteiger partial charge in [0.1, 0.15) is 23.4 Å². The number of aliphatic hydroxyl groups is 1. The van der Waals surface area contributed by atoms with Crippen molar-refractivity contribution in [1.29, 1.82) is 0 Å². The van der Waals surface area contributed by atoms with Crippen molar-refractivity contribution in [3.63, 3.8) is 0 Å². The summed E-state index contributed by atoms with van der Waals surface area (Å²) in [4.78, 5) is 3.27. The second-order valence-corrected chi connectivity index (χ2v) is 13.2. The van der Waals surface area contributed by atoms with Crippen molar-refractivity contribution >= 4 is 10.9 Å². The Morgan fingerprint density at radius 2 is 1.63 bits per heavy atom. The number of ether oxygens (including phenoxy) is 3. The van der Waals surface area contributed by atoms with Crippen LogP contribution in [0.2, 0.25) is 0 Å². The second kappa shape index (κ2) is 12.6. The van der Waals surface area contributed by atoms with Gasteiger partial charge in [0, 0.05) is 35.3 Å². The van der Waals surface area contributed by atoms with Crippen molar-refractivity contribution in [2.75, 3.05) is 14.2 Å². The van der Waals surface area contributed by atoms with Gasteiger partial charge < -0.3 is 34.5 Å². The van der Waals surface area contributed by atoms with Gasteiger partial charge in [-0.05, 0) is 118 Å². The second-order valence-electron chi connectivity index (χ2n) is 13.2. The number of fused-ring (bicyclic) bond motifs is 6. The Hall–Kier alpha value is -5.40. The molecule has 248 valence electrons. The molecule has 49 heavy (non-hydrogen) atoms. The van der Waals surface area contributed by atoms with Crippen LogP contribution >= 0.6 is 0 Å². The number of phenolic OH excluding ortho intramolecular Hbond substituents is 2. The number of benzene rings is 5. The lowest BCUT2D eigenvalue weighted by atomic mass is 9.73. The van der Waals surface area contributed by atoms with Gasteiger partial charge in [-0.15, -0.1) is 0 Å². The monoisotopic (exact) mass is 653 g/mol. The van der Waals surface area contributed by atoms with E-state index >= 15 is 0 Å². The van der Waals surface area contributed by atoms with Crippen molar-refractivity contribution < 1.29 is 29.5 Å². The number of phenols is 2. The Labute approximate surface area is 285 Å². The number of aromatic nitrogens is 1. The highest BCUT2D eigenvalue weighted by atomic mass is 16.5. The van der Waals surface area contributed by atoms with Crippen LogP contribution in [0.25, 0.3) is 22.0 Å². The van der Waals surface area contributed by atoms with E-state index in [1.165, 1.54) is 23.6 Å². The Kier molecular flexibility index (Phi) is 7.92. The molecule has 0 saturated heterocycles. The fraction of sp³-hybridized carbons (Fsp3) is 0.238. The molecule has 0 radical (unpaired) electrons. The highest BCUT2D eigenvalue weighted by Gasteiger charge is 2.37. The summed E-state index contributed by atoms with van der Waals surface area (Å²) in [6.45, 7) is 0. The predicted molar refractivity (Wildman–Crippen MR) is 190 cm³/mol. The van der Waals surface area contributed by atoms with Crippen LogP contribution in [0.4, 0.5) is 0 Å². The van der Waals surface area contributed by atoms with Gasteiger partial charge in [-0.1, -0.05) is 42.5 Å². The van der Waals surface area contributed by atoms with Crippen LogP contribution in [0, 0.1) is 0 Å². The minimum atomic E-state index is -0.836. The summed E-state index contributed by atoms with van der Waals surface area (Å²) in [5, 5.41) is 34.5. The van der Waals surface area contributed by atoms with E-state index in [4.69, 9.17) is 14.2 Å². The van der Waals surface area contributed by atoms with Crippen LogP contribution in [0.15, 0.2) is 97.2 Å². The third-order valence-electron chi connectivity index (χ3n) is 10.3. The van der Waals surface area contributed by atoms with Gasteiger partial charge in [0.05, 0.1) is 20.3 Å². The first kappa shape index (κ1) is 30.9. The zero-order valence-electron chi connectivity index (χ0n) is 27.6. The van der Waals surface area contributed by atoms with Gasteiger partial charge in [0.2, 0.25) is 0 Å². The number of aromatic amines is 1. The van der Waals surface area contributed by atoms with Crippen molar-refractivity contribution in [3.8, 4) is 39.9 Å². The summed E-state index contributed by atoms with van der Waals surface area (Å²) in [6, 6.07) is 29.9. The van der Waals surface area contributed by atoms with E-state index in [2.05, 4.69) is 41.4 Å². The van der Waals surface area contributed by atoms with Crippen LogP contribution in [0.5, 0.6) is 28.7 Å². The average molecular weight is 654 g/mol. The molecule has 2 heterocycles. The Balaban J connectivity index is 1.16. The van der Waals surface area contributed by atoms with Crippen molar-refractivity contribution in [2.24, 2.45) is 0 Å². The van der Waals surface area contributed by atoms with E-state index in [0.29, 0.717) is 36.5 Å². The Bertz CT molecular complexity index is 2170. The molecule has 3 atom stereocenters. The molecule has 1 aliphatic carbocycles. The lowest BCUT2D eigenvalue weighted by molar-refractivity contribution is 0.0201. The summed E-state index contributed by atoms with van der Waals surface area (Å²) in [5.74, 6) is 2.15. The fourth-order valence-electron chi connectivity index (χ4n) is 7.85. The largest absolute Gasteiger partial charge is 0.508 e. The number of nitrogens with one attached hydrogen (secondary N) is 1. The number of aryl methyl sites for hydroxylation is 2. The first-order chi connectivity index (χ1) is 23.9. The number of H-pyrrole nitrogens is 1. The molecule has 4 N–H and O–H groups in total. The summed E-state index contributed by atoms with van der Waals surface area (Å²) >= 11 is 0. The third kappa shape index (κ3) is 5.64. The van der Waals surface area contributed by atoms with Crippen LogP contribution < -0.4 is 14.2 Å². The molecule has 8 rings (SSSR count). The minimum absolute atomic E-state index is 0.0885. The fourth-order valence-corrected chi connectivity index (χ4v) is 7.85.